The molecule has 0 amide bonds. The first-order valence-corrected chi connectivity index (χ1v) is 7.71. The lowest BCUT2D eigenvalue weighted by atomic mass is 9.86. The molecule has 2 rings (SSSR count). The van der Waals surface area contributed by atoms with E-state index in [-0.39, 0.29) is 6.42 Å². The summed E-state index contributed by atoms with van der Waals surface area (Å²) in [6.45, 7) is 8.56. The topological polar surface area (TPSA) is 61.8 Å². The van der Waals surface area contributed by atoms with Crippen molar-refractivity contribution in [2.45, 2.75) is 56.8 Å². The van der Waals surface area contributed by atoms with E-state index in [4.69, 9.17) is 9.47 Å². The Morgan fingerprint density at radius 2 is 1.86 bits per heavy atom. The predicted octanol–water partition coefficient (Wildman–Crippen LogP) is 2.34. The summed E-state index contributed by atoms with van der Waals surface area (Å²) in [6.07, 6.45) is -1.25. The molecule has 122 valence electrons. The Bertz CT molecular complexity index is 542. The third kappa shape index (κ3) is 2.84. The molecule has 1 aliphatic heterocycles. The van der Waals surface area contributed by atoms with E-state index < -0.39 is 45.1 Å². The minimum absolute atomic E-state index is 0.0111. The van der Waals surface area contributed by atoms with E-state index in [1.54, 1.807) is 20.8 Å². The molecule has 2 fully saturated rings. The highest BCUT2D eigenvalue weighted by atomic mass is 32.2. The number of rotatable bonds is 3. The maximum absolute atomic E-state index is 12.5. The Balaban J connectivity index is 2.28. The number of alkyl halides is 3. The van der Waals surface area contributed by atoms with Gasteiger partial charge in [-0.05, 0) is 20.3 Å². The van der Waals surface area contributed by atoms with Gasteiger partial charge in [0, 0.05) is 5.41 Å². The summed E-state index contributed by atoms with van der Waals surface area (Å²) in [7, 11) is -5.69. The van der Waals surface area contributed by atoms with Crippen LogP contribution in [-0.4, -0.2) is 38.0 Å². The summed E-state index contributed by atoms with van der Waals surface area (Å²) in [5, 5.41) is 0. The van der Waals surface area contributed by atoms with Crippen molar-refractivity contribution in [2.75, 3.05) is 0 Å². The van der Waals surface area contributed by atoms with Gasteiger partial charge in [-0.25, -0.2) is 0 Å². The van der Waals surface area contributed by atoms with E-state index in [1.165, 1.54) is 6.08 Å². The molecular weight excluding hydrogens is 313 g/mol. The standard InChI is InChI=1S/C12H17F3O5S/c1-5-11(4)6-7(20-21(16,17)12(13,14)15)8-9(11)19-10(2,3)18-8/h5,7-9H,1,6H2,2-4H3/t7-,8-,9-,11-/m0/s1. The van der Waals surface area contributed by atoms with Crippen LogP contribution in [0.25, 0.3) is 0 Å². The molecule has 1 aliphatic carbocycles. The molecule has 4 atom stereocenters. The molecule has 5 nitrogen and oxygen atoms in total. The summed E-state index contributed by atoms with van der Waals surface area (Å²) in [4.78, 5) is 0. The summed E-state index contributed by atoms with van der Waals surface area (Å²) in [6, 6.07) is 0. The van der Waals surface area contributed by atoms with E-state index in [1.807, 2.05) is 0 Å². The molecule has 0 aromatic heterocycles. The predicted molar refractivity (Wildman–Crippen MR) is 66.6 cm³/mol. The number of ether oxygens (including phenoxy) is 2. The molecule has 0 bridgehead atoms. The monoisotopic (exact) mass is 330 g/mol. The van der Waals surface area contributed by atoms with Gasteiger partial charge >= 0.3 is 15.6 Å². The molecular formula is C12H17F3O5S. The molecule has 0 radical (unpaired) electrons. The highest BCUT2D eigenvalue weighted by Crippen LogP contribution is 2.51. The lowest BCUT2D eigenvalue weighted by Gasteiger charge is -2.28. The van der Waals surface area contributed by atoms with Gasteiger partial charge in [0.1, 0.15) is 12.2 Å². The molecule has 2 aliphatic rings. The Morgan fingerprint density at radius 3 is 2.33 bits per heavy atom. The van der Waals surface area contributed by atoms with Crippen LogP contribution in [0.4, 0.5) is 13.2 Å². The number of halogens is 3. The molecule has 1 saturated heterocycles. The zero-order valence-electron chi connectivity index (χ0n) is 11.8. The fourth-order valence-corrected chi connectivity index (χ4v) is 3.35. The minimum atomic E-state index is -5.69. The maximum Gasteiger partial charge on any atom is 0.523 e. The largest absolute Gasteiger partial charge is 0.523 e. The van der Waals surface area contributed by atoms with Crippen LogP contribution in [0.1, 0.15) is 27.2 Å². The first kappa shape index (κ1) is 16.7. The Hall–Kier alpha value is -0.640. The van der Waals surface area contributed by atoms with Crippen LogP contribution in [-0.2, 0) is 23.8 Å². The van der Waals surface area contributed by atoms with Gasteiger partial charge in [-0.3, -0.25) is 4.18 Å². The zero-order chi connectivity index (χ0) is 16.3. The van der Waals surface area contributed by atoms with Crippen LogP contribution >= 0.6 is 0 Å². The minimum Gasteiger partial charge on any atom is -0.344 e. The van der Waals surface area contributed by atoms with Crippen LogP contribution in [0.2, 0.25) is 0 Å². The molecule has 0 unspecified atom stereocenters. The Kier molecular flexibility index (Phi) is 3.72. The molecule has 0 N–H and O–H groups in total. The molecule has 0 aromatic rings. The van der Waals surface area contributed by atoms with Gasteiger partial charge in [-0.1, -0.05) is 13.0 Å². The highest BCUT2D eigenvalue weighted by Gasteiger charge is 2.61. The van der Waals surface area contributed by atoms with Crippen LogP contribution < -0.4 is 0 Å². The summed E-state index contributed by atoms with van der Waals surface area (Å²) < 4.78 is 75.3. The van der Waals surface area contributed by atoms with Crippen molar-refractivity contribution in [3.8, 4) is 0 Å². The van der Waals surface area contributed by atoms with Crippen molar-refractivity contribution >= 4 is 10.1 Å². The zero-order valence-corrected chi connectivity index (χ0v) is 12.6. The van der Waals surface area contributed by atoms with E-state index in [9.17, 15) is 21.6 Å². The summed E-state index contributed by atoms with van der Waals surface area (Å²) in [5.41, 5.74) is -6.20. The lowest BCUT2D eigenvalue weighted by molar-refractivity contribution is -0.169. The lowest BCUT2D eigenvalue weighted by Crippen LogP contribution is -2.36. The molecule has 0 aromatic carbocycles. The van der Waals surface area contributed by atoms with Crippen LogP contribution in [0.5, 0.6) is 0 Å². The van der Waals surface area contributed by atoms with Crippen molar-refractivity contribution in [1.82, 2.24) is 0 Å². The van der Waals surface area contributed by atoms with Crippen molar-refractivity contribution in [1.29, 1.82) is 0 Å². The van der Waals surface area contributed by atoms with E-state index in [0.717, 1.165) is 0 Å². The van der Waals surface area contributed by atoms with Gasteiger partial charge in [0.2, 0.25) is 0 Å². The maximum atomic E-state index is 12.5. The molecule has 0 spiro atoms. The first-order valence-electron chi connectivity index (χ1n) is 6.30. The van der Waals surface area contributed by atoms with Crippen molar-refractivity contribution in [3.05, 3.63) is 12.7 Å². The van der Waals surface area contributed by atoms with Gasteiger partial charge < -0.3 is 9.47 Å². The smallest absolute Gasteiger partial charge is 0.344 e. The van der Waals surface area contributed by atoms with Crippen LogP contribution in [0.3, 0.4) is 0 Å². The second kappa shape index (κ2) is 4.68. The van der Waals surface area contributed by atoms with Crippen molar-refractivity contribution in [3.63, 3.8) is 0 Å². The SMILES string of the molecule is C=C[C@@]1(C)C[C@H](OS(=O)(=O)C(F)(F)F)[C@@H]2OC(C)(C)O[C@@H]21. The second-order valence-electron chi connectivity index (χ2n) is 5.97. The average Bonchev–Trinajstić information content (AvgIpc) is 2.73. The average molecular weight is 330 g/mol. The fraction of sp³-hybridized carbons (Fsp3) is 0.833. The fourth-order valence-electron chi connectivity index (χ4n) is 2.74. The molecule has 1 heterocycles. The second-order valence-corrected chi connectivity index (χ2v) is 7.53. The quantitative estimate of drug-likeness (QED) is 0.451. The third-order valence-corrected chi connectivity index (χ3v) is 4.85. The van der Waals surface area contributed by atoms with Crippen LogP contribution in [0, 0.1) is 5.41 Å². The molecule has 1 saturated carbocycles. The number of fused-ring (bicyclic) bond motifs is 1. The number of hydrogen-bond donors (Lipinski definition) is 0. The summed E-state index contributed by atoms with van der Waals surface area (Å²) >= 11 is 0. The van der Waals surface area contributed by atoms with Gasteiger partial charge in [-0.2, -0.15) is 21.6 Å². The van der Waals surface area contributed by atoms with Gasteiger partial charge in [-0.15, -0.1) is 6.58 Å². The summed E-state index contributed by atoms with van der Waals surface area (Å²) in [5.74, 6) is -1.02. The number of hydrogen-bond acceptors (Lipinski definition) is 5. The van der Waals surface area contributed by atoms with E-state index >= 15 is 0 Å². The van der Waals surface area contributed by atoms with Crippen molar-refractivity contribution < 1.29 is 35.2 Å². The first-order chi connectivity index (χ1) is 9.31. The molecule has 9 heteroatoms. The van der Waals surface area contributed by atoms with Crippen LogP contribution in [0.15, 0.2) is 12.7 Å². The van der Waals surface area contributed by atoms with E-state index in [0.29, 0.717) is 0 Å². The van der Waals surface area contributed by atoms with E-state index in [2.05, 4.69) is 10.8 Å². The van der Waals surface area contributed by atoms with Gasteiger partial charge in [0.05, 0.1) is 6.10 Å². The molecule has 21 heavy (non-hydrogen) atoms. The normalized spacial score (nSPS) is 39.2. The highest BCUT2D eigenvalue weighted by molar-refractivity contribution is 7.87. The Labute approximate surface area is 121 Å². The Morgan fingerprint density at radius 1 is 1.29 bits per heavy atom. The third-order valence-electron chi connectivity index (χ3n) is 3.79. The van der Waals surface area contributed by atoms with Gasteiger partial charge in [0.25, 0.3) is 0 Å². The van der Waals surface area contributed by atoms with Crippen molar-refractivity contribution in [2.24, 2.45) is 5.41 Å². The van der Waals surface area contributed by atoms with Gasteiger partial charge in [0.15, 0.2) is 5.79 Å².